The SMILES string of the molecule is Cc1nc(OS(=O)(=O)c2c(C(C)C)cc(C(C)C)cc2C(C)C)cc(=O)n1-c1ccc(C#N)cc1Cl. The monoisotopic (exact) mass is 527 g/mol. The largest absolute Gasteiger partial charge is 0.358 e. The molecule has 0 aliphatic heterocycles. The third-order valence-electron chi connectivity index (χ3n) is 5.91. The molecule has 0 unspecified atom stereocenters. The van der Waals surface area contributed by atoms with Crippen molar-refractivity contribution >= 4 is 21.7 Å². The summed E-state index contributed by atoms with van der Waals surface area (Å²) in [6, 6.07) is 11.4. The van der Waals surface area contributed by atoms with E-state index in [0.29, 0.717) is 22.4 Å². The second kappa shape index (κ2) is 10.5. The number of benzene rings is 2. The smallest absolute Gasteiger partial charge is 0.341 e. The average molecular weight is 528 g/mol. The van der Waals surface area contributed by atoms with Crippen molar-refractivity contribution in [2.24, 2.45) is 0 Å². The predicted octanol–water partition coefficient (Wildman–Crippen LogP) is 6.20. The Balaban J connectivity index is 2.13. The molecule has 2 aromatic carbocycles. The molecule has 0 fully saturated rings. The zero-order valence-electron chi connectivity index (χ0n) is 21.5. The predicted molar refractivity (Wildman–Crippen MR) is 141 cm³/mol. The lowest BCUT2D eigenvalue weighted by atomic mass is 9.89. The van der Waals surface area contributed by atoms with Gasteiger partial charge in [0.15, 0.2) is 0 Å². The molecule has 1 aromatic heterocycles. The van der Waals surface area contributed by atoms with E-state index >= 15 is 0 Å². The van der Waals surface area contributed by atoms with Crippen LogP contribution in [0.4, 0.5) is 0 Å². The summed E-state index contributed by atoms with van der Waals surface area (Å²) >= 11 is 6.28. The molecule has 0 bridgehead atoms. The summed E-state index contributed by atoms with van der Waals surface area (Å²) in [7, 11) is -4.31. The Kier molecular flexibility index (Phi) is 7.97. The van der Waals surface area contributed by atoms with Gasteiger partial charge in [-0.2, -0.15) is 18.7 Å². The van der Waals surface area contributed by atoms with E-state index in [9.17, 15) is 13.2 Å². The quantitative estimate of drug-likeness (QED) is 0.339. The number of hydrogen-bond acceptors (Lipinski definition) is 6. The Morgan fingerprint density at radius 3 is 2.00 bits per heavy atom. The van der Waals surface area contributed by atoms with Crippen molar-refractivity contribution in [3.63, 3.8) is 0 Å². The van der Waals surface area contributed by atoms with Crippen LogP contribution in [0.5, 0.6) is 5.88 Å². The first-order valence-electron chi connectivity index (χ1n) is 11.7. The number of aryl methyl sites for hydroxylation is 1. The fraction of sp³-hybridized carbons (Fsp3) is 0.370. The van der Waals surface area contributed by atoms with Crippen molar-refractivity contribution in [3.8, 4) is 17.6 Å². The molecule has 190 valence electrons. The fourth-order valence-electron chi connectivity index (χ4n) is 4.00. The van der Waals surface area contributed by atoms with Crippen LogP contribution in [0.3, 0.4) is 0 Å². The molecule has 0 radical (unpaired) electrons. The van der Waals surface area contributed by atoms with Crippen molar-refractivity contribution in [1.29, 1.82) is 5.26 Å². The highest BCUT2D eigenvalue weighted by atomic mass is 35.5. The Hall–Kier alpha value is -3.15. The van der Waals surface area contributed by atoms with Gasteiger partial charge in [-0.1, -0.05) is 65.3 Å². The molecule has 0 amide bonds. The zero-order chi connectivity index (χ0) is 26.9. The number of aromatic nitrogens is 2. The van der Waals surface area contributed by atoms with Gasteiger partial charge in [0.05, 0.1) is 28.4 Å². The Morgan fingerprint density at radius 2 is 1.56 bits per heavy atom. The zero-order valence-corrected chi connectivity index (χ0v) is 23.0. The van der Waals surface area contributed by atoms with Crippen molar-refractivity contribution in [2.45, 2.75) is 71.1 Å². The third kappa shape index (κ3) is 5.48. The molecular weight excluding hydrogens is 498 g/mol. The van der Waals surface area contributed by atoms with E-state index in [0.717, 1.165) is 11.6 Å². The maximum Gasteiger partial charge on any atom is 0.341 e. The van der Waals surface area contributed by atoms with Crippen LogP contribution in [0.25, 0.3) is 5.69 Å². The van der Waals surface area contributed by atoms with Gasteiger partial charge in [0.2, 0.25) is 5.88 Å². The molecule has 0 aliphatic rings. The molecule has 0 saturated heterocycles. The van der Waals surface area contributed by atoms with E-state index in [2.05, 4.69) is 18.8 Å². The van der Waals surface area contributed by atoms with Gasteiger partial charge in [-0.3, -0.25) is 9.36 Å². The lowest BCUT2D eigenvalue weighted by Gasteiger charge is -2.22. The summed E-state index contributed by atoms with van der Waals surface area (Å²) in [6.45, 7) is 13.4. The van der Waals surface area contributed by atoms with Crippen LogP contribution in [0.2, 0.25) is 5.02 Å². The standard InChI is InChI=1S/C27H30ClN3O4S/c1-15(2)20-11-21(16(3)4)27(22(12-20)17(5)6)36(33,34)35-25-13-26(32)31(18(7)30-25)24-9-8-19(14-29)10-23(24)28/h8-13,15-17H,1-7H3. The van der Waals surface area contributed by atoms with Gasteiger partial charge in [0, 0.05) is 0 Å². The van der Waals surface area contributed by atoms with Crippen molar-refractivity contribution in [2.75, 3.05) is 0 Å². The van der Waals surface area contributed by atoms with Crippen LogP contribution in [-0.2, 0) is 10.1 Å². The fourth-order valence-corrected chi connectivity index (χ4v) is 5.82. The highest BCUT2D eigenvalue weighted by Gasteiger charge is 2.29. The van der Waals surface area contributed by atoms with Crippen LogP contribution in [0.15, 0.2) is 46.1 Å². The van der Waals surface area contributed by atoms with Gasteiger partial charge in [-0.15, -0.1) is 0 Å². The van der Waals surface area contributed by atoms with E-state index in [1.807, 2.05) is 45.9 Å². The minimum absolute atomic E-state index is 0.0733. The molecule has 0 aliphatic carbocycles. The molecule has 36 heavy (non-hydrogen) atoms. The molecule has 3 rings (SSSR count). The highest BCUT2D eigenvalue weighted by molar-refractivity contribution is 7.87. The highest BCUT2D eigenvalue weighted by Crippen LogP contribution is 2.36. The number of nitrogens with zero attached hydrogens (tertiary/aromatic N) is 3. The van der Waals surface area contributed by atoms with E-state index in [1.165, 1.54) is 22.8 Å². The number of rotatable bonds is 7. The van der Waals surface area contributed by atoms with Gasteiger partial charge >= 0.3 is 10.1 Å². The summed E-state index contributed by atoms with van der Waals surface area (Å²) in [4.78, 5) is 17.3. The van der Waals surface area contributed by atoms with Crippen molar-refractivity contribution in [3.05, 3.63) is 79.9 Å². The van der Waals surface area contributed by atoms with Gasteiger partial charge in [0.1, 0.15) is 10.7 Å². The van der Waals surface area contributed by atoms with Crippen LogP contribution in [-0.4, -0.2) is 18.0 Å². The maximum atomic E-state index is 13.6. The Labute approximate surface area is 217 Å². The molecule has 0 atom stereocenters. The third-order valence-corrected chi connectivity index (χ3v) is 7.57. The van der Waals surface area contributed by atoms with Crippen LogP contribution >= 0.6 is 11.6 Å². The topological polar surface area (TPSA) is 102 Å². The maximum absolute atomic E-state index is 13.6. The molecule has 0 N–H and O–H groups in total. The lowest BCUT2D eigenvalue weighted by molar-refractivity contribution is 0.469. The summed E-state index contributed by atoms with van der Waals surface area (Å²) in [6.07, 6.45) is 0. The molecular formula is C27H30ClN3O4S. The molecule has 0 saturated carbocycles. The molecule has 7 nitrogen and oxygen atoms in total. The van der Waals surface area contributed by atoms with E-state index in [4.69, 9.17) is 21.0 Å². The first-order chi connectivity index (χ1) is 16.8. The van der Waals surface area contributed by atoms with Crippen molar-refractivity contribution < 1.29 is 12.6 Å². The van der Waals surface area contributed by atoms with Gasteiger partial charge in [-0.25, -0.2) is 0 Å². The summed E-state index contributed by atoms with van der Waals surface area (Å²) in [5.74, 6) is -0.0614. The van der Waals surface area contributed by atoms with Gasteiger partial charge in [-0.05, 0) is 59.6 Å². The molecule has 9 heteroatoms. The van der Waals surface area contributed by atoms with Crippen LogP contribution in [0.1, 0.15) is 87.4 Å². The van der Waals surface area contributed by atoms with Gasteiger partial charge in [0.25, 0.3) is 5.56 Å². The van der Waals surface area contributed by atoms with E-state index < -0.39 is 15.7 Å². The summed E-state index contributed by atoms with van der Waals surface area (Å²) in [5.41, 5.74) is 2.49. The molecule has 3 aromatic rings. The first kappa shape index (κ1) is 27.4. The van der Waals surface area contributed by atoms with E-state index in [1.54, 1.807) is 6.92 Å². The number of halogens is 1. The normalized spacial score (nSPS) is 11.8. The lowest BCUT2D eigenvalue weighted by Crippen LogP contribution is -2.24. The second-order valence-electron chi connectivity index (χ2n) is 9.62. The van der Waals surface area contributed by atoms with Crippen molar-refractivity contribution in [1.82, 2.24) is 9.55 Å². The second-order valence-corrected chi connectivity index (χ2v) is 11.5. The summed E-state index contributed by atoms with van der Waals surface area (Å²) in [5, 5.41) is 9.25. The average Bonchev–Trinajstić information content (AvgIpc) is 2.78. The summed E-state index contributed by atoms with van der Waals surface area (Å²) < 4.78 is 33.9. The minimum Gasteiger partial charge on any atom is -0.358 e. The molecule has 0 spiro atoms. The Morgan fingerprint density at radius 1 is 0.972 bits per heavy atom. The Bertz CT molecular complexity index is 1490. The molecule has 1 heterocycles. The number of hydrogen-bond donors (Lipinski definition) is 0. The van der Waals surface area contributed by atoms with Crippen LogP contribution in [0, 0.1) is 18.3 Å². The van der Waals surface area contributed by atoms with E-state index in [-0.39, 0.29) is 39.4 Å². The van der Waals surface area contributed by atoms with Crippen LogP contribution < -0.4 is 9.74 Å². The first-order valence-corrected chi connectivity index (χ1v) is 13.5. The number of nitriles is 1. The minimum atomic E-state index is -4.31. The van der Waals surface area contributed by atoms with Gasteiger partial charge < -0.3 is 4.18 Å².